The Morgan fingerprint density at radius 2 is 1.83 bits per heavy atom. The second kappa shape index (κ2) is 13.8. The van der Waals surface area contributed by atoms with Gasteiger partial charge >= 0.3 is 0 Å². The average molecular weight is 566 g/mol. The quantitative estimate of drug-likeness (QED) is 0.374. The summed E-state index contributed by atoms with van der Waals surface area (Å²) in [7, 11) is 1.75. The summed E-state index contributed by atoms with van der Waals surface area (Å²) in [6.45, 7) is 17.9. The molecule has 0 aliphatic carbocycles. The third-order valence-corrected chi connectivity index (χ3v) is 6.80. The molecule has 0 amide bonds. The largest absolute Gasteiger partial charge is 0.513 e. The van der Waals surface area contributed by atoms with Crippen LogP contribution >= 0.6 is 27.5 Å². The Balaban J connectivity index is 0.000000926. The van der Waals surface area contributed by atoms with Gasteiger partial charge in [-0.2, -0.15) is 0 Å². The van der Waals surface area contributed by atoms with Crippen molar-refractivity contribution in [1.29, 1.82) is 0 Å². The van der Waals surface area contributed by atoms with E-state index in [9.17, 15) is 4.39 Å². The fraction of sp³-hybridized carbons (Fsp3) is 0.414. The van der Waals surface area contributed by atoms with Crippen molar-refractivity contribution >= 4 is 39.1 Å². The van der Waals surface area contributed by atoms with Crippen molar-refractivity contribution in [3.63, 3.8) is 0 Å². The van der Waals surface area contributed by atoms with Crippen molar-refractivity contribution in [3.8, 4) is 0 Å². The molecule has 1 heterocycles. The Hall–Kier alpha value is -2.11. The molecule has 0 bridgehead atoms. The lowest BCUT2D eigenvalue weighted by Crippen LogP contribution is -2.37. The molecule has 0 radical (unpaired) electrons. The van der Waals surface area contributed by atoms with Gasteiger partial charge in [0, 0.05) is 28.9 Å². The fourth-order valence-corrected chi connectivity index (χ4v) is 4.93. The SMILES string of the molecule is C=C(C)O.C=C(N1C(=NC)CCC(c2cccc(CC)c2Br)c2cc(Cl)ccc21)C(C)(C)F.CC. The predicted molar refractivity (Wildman–Crippen MR) is 155 cm³/mol. The second-order valence-corrected chi connectivity index (χ2v) is 9.83. The van der Waals surface area contributed by atoms with E-state index in [-0.39, 0.29) is 11.7 Å². The van der Waals surface area contributed by atoms with Crippen LogP contribution in [-0.4, -0.2) is 23.7 Å². The highest BCUT2D eigenvalue weighted by atomic mass is 79.9. The first kappa shape index (κ1) is 30.9. The summed E-state index contributed by atoms with van der Waals surface area (Å²) in [5.41, 5.74) is 3.25. The Morgan fingerprint density at radius 3 is 2.34 bits per heavy atom. The number of anilines is 1. The van der Waals surface area contributed by atoms with Crippen molar-refractivity contribution in [2.45, 2.75) is 72.4 Å². The molecule has 3 nitrogen and oxygen atoms in total. The normalized spacial score (nSPS) is 16.2. The molecule has 1 atom stereocenters. The van der Waals surface area contributed by atoms with Gasteiger partial charge in [0.15, 0.2) is 0 Å². The smallest absolute Gasteiger partial charge is 0.145 e. The summed E-state index contributed by atoms with van der Waals surface area (Å²) in [5.74, 6) is 1.09. The highest BCUT2D eigenvalue weighted by Crippen LogP contribution is 2.45. The molecule has 1 aliphatic rings. The highest BCUT2D eigenvalue weighted by Gasteiger charge is 2.35. The number of alkyl halides is 1. The number of hydrogen-bond donors (Lipinski definition) is 1. The molecule has 1 aliphatic heterocycles. The Bertz CT molecular complexity index is 1060. The van der Waals surface area contributed by atoms with Gasteiger partial charge in [0.2, 0.25) is 0 Å². The van der Waals surface area contributed by atoms with E-state index in [0.29, 0.717) is 17.1 Å². The average Bonchev–Trinajstić information content (AvgIpc) is 2.95. The molecule has 2 aromatic carbocycles. The van der Waals surface area contributed by atoms with Crippen LogP contribution in [0.5, 0.6) is 0 Å². The number of aliphatic hydroxyl groups is 1. The molecule has 2 aromatic rings. The Morgan fingerprint density at radius 1 is 1.23 bits per heavy atom. The maximum absolute atomic E-state index is 14.9. The zero-order valence-corrected chi connectivity index (χ0v) is 24.4. The number of fused-ring (bicyclic) bond motifs is 1. The molecule has 0 spiro atoms. The fourth-order valence-electron chi connectivity index (χ4n) is 3.93. The molecular weight excluding hydrogens is 527 g/mol. The monoisotopic (exact) mass is 564 g/mol. The molecule has 0 fully saturated rings. The number of hydrogen-bond acceptors (Lipinski definition) is 2. The number of nitrogens with zero attached hydrogens (tertiary/aromatic N) is 2. The van der Waals surface area contributed by atoms with Crippen molar-refractivity contribution < 1.29 is 9.50 Å². The molecule has 1 N–H and O–H groups in total. The number of aryl methyl sites for hydroxylation is 1. The summed E-state index contributed by atoms with van der Waals surface area (Å²) in [4.78, 5) is 6.38. The zero-order valence-electron chi connectivity index (χ0n) is 22.1. The molecule has 3 rings (SSSR count). The van der Waals surface area contributed by atoms with Crippen LogP contribution in [0.1, 0.15) is 77.0 Å². The van der Waals surface area contributed by atoms with Crippen LogP contribution in [0.4, 0.5) is 10.1 Å². The number of allylic oxidation sites excluding steroid dienone is 2. The van der Waals surface area contributed by atoms with Crippen LogP contribution in [-0.2, 0) is 6.42 Å². The van der Waals surface area contributed by atoms with E-state index < -0.39 is 5.67 Å². The van der Waals surface area contributed by atoms with Crippen LogP contribution < -0.4 is 4.90 Å². The third-order valence-electron chi connectivity index (χ3n) is 5.60. The molecule has 0 aromatic heterocycles. The third kappa shape index (κ3) is 7.94. The summed E-state index contributed by atoms with van der Waals surface area (Å²) >= 11 is 10.2. The van der Waals surface area contributed by atoms with E-state index in [1.807, 2.05) is 36.9 Å². The molecule has 35 heavy (non-hydrogen) atoms. The van der Waals surface area contributed by atoms with Gasteiger partial charge in [0.25, 0.3) is 0 Å². The topological polar surface area (TPSA) is 35.8 Å². The first-order valence-corrected chi connectivity index (χ1v) is 13.1. The lowest BCUT2D eigenvalue weighted by Gasteiger charge is -2.33. The maximum atomic E-state index is 14.9. The van der Waals surface area contributed by atoms with Gasteiger partial charge in [-0.25, -0.2) is 4.39 Å². The second-order valence-electron chi connectivity index (χ2n) is 8.60. The van der Waals surface area contributed by atoms with E-state index in [1.165, 1.54) is 31.9 Å². The van der Waals surface area contributed by atoms with Gasteiger partial charge in [-0.3, -0.25) is 9.89 Å². The zero-order chi connectivity index (χ0) is 26.9. The number of amidine groups is 1. The number of halogens is 3. The van der Waals surface area contributed by atoms with Crippen molar-refractivity contribution in [3.05, 3.63) is 87.2 Å². The van der Waals surface area contributed by atoms with Crippen molar-refractivity contribution in [2.75, 3.05) is 11.9 Å². The summed E-state index contributed by atoms with van der Waals surface area (Å²) in [6, 6.07) is 12.2. The minimum Gasteiger partial charge on any atom is -0.513 e. The Kier molecular flexibility index (Phi) is 12.2. The minimum atomic E-state index is -1.57. The van der Waals surface area contributed by atoms with Crippen LogP contribution in [0.25, 0.3) is 0 Å². The van der Waals surface area contributed by atoms with Crippen LogP contribution in [0.2, 0.25) is 5.02 Å². The number of benzene rings is 2. The summed E-state index contributed by atoms with van der Waals surface area (Å²) in [6.07, 6.45) is 2.51. The number of aliphatic hydroxyl groups excluding tert-OH is 1. The molecular formula is C29H39BrClFN2O. The van der Waals surface area contributed by atoms with Gasteiger partial charge in [-0.1, -0.05) is 79.7 Å². The van der Waals surface area contributed by atoms with Gasteiger partial charge in [-0.15, -0.1) is 0 Å². The van der Waals surface area contributed by atoms with Crippen molar-refractivity contribution in [2.24, 2.45) is 4.99 Å². The van der Waals surface area contributed by atoms with Gasteiger partial charge in [-0.05, 0) is 68.5 Å². The molecule has 1 unspecified atom stereocenters. The highest BCUT2D eigenvalue weighted by molar-refractivity contribution is 9.10. The van der Waals surface area contributed by atoms with Gasteiger partial charge in [0.05, 0.1) is 17.1 Å². The standard InChI is InChI=1S/C24H27BrClFN2.C3H6O.C2H6/c1-6-16-8-7-9-19(23(16)25)18-11-13-22(28-5)29(15(2)24(3,4)27)21-12-10-17(26)14-20(18)21;1-3(2)4;1-2/h7-10,12,14,18H,2,6,11,13H2,1,3-5H3;4H,1H2,2H3;1-2H3. The number of rotatable bonds is 4. The van der Waals surface area contributed by atoms with Crippen LogP contribution in [0, 0.1) is 0 Å². The summed E-state index contributed by atoms with van der Waals surface area (Å²) in [5, 5.41) is 8.53. The van der Waals surface area contributed by atoms with Gasteiger partial charge < -0.3 is 5.11 Å². The van der Waals surface area contributed by atoms with E-state index in [2.05, 4.69) is 59.2 Å². The first-order chi connectivity index (χ1) is 16.4. The molecule has 6 heteroatoms. The first-order valence-electron chi connectivity index (χ1n) is 12.0. The van der Waals surface area contributed by atoms with E-state index >= 15 is 0 Å². The summed E-state index contributed by atoms with van der Waals surface area (Å²) < 4.78 is 16.1. The Labute approximate surface area is 224 Å². The van der Waals surface area contributed by atoms with E-state index in [0.717, 1.165) is 34.4 Å². The van der Waals surface area contributed by atoms with Crippen LogP contribution in [0.3, 0.4) is 0 Å². The van der Waals surface area contributed by atoms with Crippen LogP contribution in [0.15, 0.2) is 70.5 Å². The minimum absolute atomic E-state index is 0.113. The predicted octanol–water partition coefficient (Wildman–Crippen LogP) is 9.79. The van der Waals surface area contributed by atoms with Gasteiger partial charge in [0.1, 0.15) is 11.5 Å². The maximum Gasteiger partial charge on any atom is 0.145 e. The van der Waals surface area contributed by atoms with E-state index in [1.54, 1.807) is 7.05 Å². The molecule has 0 saturated heterocycles. The lowest BCUT2D eigenvalue weighted by atomic mass is 9.86. The lowest BCUT2D eigenvalue weighted by molar-refractivity contribution is 0.266. The van der Waals surface area contributed by atoms with Crippen molar-refractivity contribution in [1.82, 2.24) is 0 Å². The molecule has 0 saturated carbocycles. The molecule has 192 valence electrons. The number of aliphatic imine (C=N–C) groups is 1. The van der Waals surface area contributed by atoms with E-state index in [4.69, 9.17) is 16.7 Å².